The van der Waals surface area contributed by atoms with Crippen LogP contribution in [0.25, 0.3) is 49.7 Å². The van der Waals surface area contributed by atoms with E-state index < -0.39 is 0 Å². The summed E-state index contributed by atoms with van der Waals surface area (Å²) >= 11 is 0. The lowest BCUT2D eigenvalue weighted by molar-refractivity contribution is 1.18. The third-order valence-corrected chi connectivity index (χ3v) is 7.39. The second-order valence-corrected chi connectivity index (χ2v) is 9.90. The highest BCUT2D eigenvalue weighted by Crippen LogP contribution is 2.37. The molecular formula is C37H25N3. The topological polar surface area (TPSA) is 40.8 Å². The summed E-state index contributed by atoms with van der Waals surface area (Å²) in [7, 11) is 0. The maximum atomic E-state index is 9.12. The molecule has 1 aromatic heterocycles. The lowest BCUT2D eigenvalue weighted by Gasteiger charge is -2.12. The van der Waals surface area contributed by atoms with Crippen molar-refractivity contribution in [2.45, 2.75) is 0 Å². The lowest BCUT2D eigenvalue weighted by Crippen LogP contribution is -1.96. The monoisotopic (exact) mass is 511 g/mol. The number of benzene rings is 6. The molecule has 0 atom stereocenters. The fourth-order valence-corrected chi connectivity index (χ4v) is 5.44. The quantitative estimate of drug-likeness (QED) is 0.250. The van der Waals surface area contributed by atoms with Crippen LogP contribution in [0.15, 0.2) is 146 Å². The minimum Gasteiger partial charge on any atom is -0.355 e. The number of anilines is 2. The average Bonchev–Trinajstić information content (AvgIpc) is 3.35. The van der Waals surface area contributed by atoms with Crippen molar-refractivity contribution in [3.05, 3.63) is 151 Å². The summed E-state index contributed by atoms with van der Waals surface area (Å²) in [6.07, 6.45) is 0. The van der Waals surface area contributed by atoms with Gasteiger partial charge in [-0.2, -0.15) is 5.26 Å². The molecule has 40 heavy (non-hydrogen) atoms. The van der Waals surface area contributed by atoms with Crippen LogP contribution in [0.1, 0.15) is 5.56 Å². The van der Waals surface area contributed by atoms with Gasteiger partial charge >= 0.3 is 0 Å². The molecule has 0 aliphatic carbocycles. The van der Waals surface area contributed by atoms with Crippen LogP contribution in [0.2, 0.25) is 0 Å². The Morgan fingerprint density at radius 2 is 1.05 bits per heavy atom. The predicted molar refractivity (Wildman–Crippen MR) is 166 cm³/mol. The first-order valence-electron chi connectivity index (χ1n) is 13.3. The zero-order chi connectivity index (χ0) is 26.9. The van der Waals surface area contributed by atoms with Crippen molar-refractivity contribution >= 4 is 33.2 Å². The average molecular weight is 512 g/mol. The van der Waals surface area contributed by atoms with Crippen LogP contribution in [0.5, 0.6) is 0 Å². The molecule has 6 aromatic carbocycles. The maximum absolute atomic E-state index is 9.12. The van der Waals surface area contributed by atoms with Gasteiger partial charge in [0.15, 0.2) is 0 Å². The fourth-order valence-electron chi connectivity index (χ4n) is 5.44. The minimum absolute atomic E-state index is 0.648. The number of nitriles is 1. The van der Waals surface area contributed by atoms with Gasteiger partial charge in [-0.05, 0) is 89.0 Å². The van der Waals surface area contributed by atoms with Gasteiger partial charge in [-0.3, -0.25) is 0 Å². The molecule has 0 radical (unpaired) electrons. The Balaban J connectivity index is 1.40. The molecule has 0 spiro atoms. The molecule has 3 heteroatoms. The molecule has 1 N–H and O–H groups in total. The number of fused-ring (bicyclic) bond motifs is 3. The minimum atomic E-state index is 0.648. The fraction of sp³-hybridized carbons (Fsp3) is 0. The molecule has 0 aliphatic rings. The van der Waals surface area contributed by atoms with Crippen molar-refractivity contribution in [1.82, 2.24) is 4.57 Å². The van der Waals surface area contributed by atoms with Gasteiger partial charge in [-0.15, -0.1) is 0 Å². The van der Waals surface area contributed by atoms with Gasteiger partial charge in [0.1, 0.15) is 0 Å². The molecule has 0 unspecified atom stereocenters. The predicted octanol–water partition coefficient (Wildman–Crippen LogP) is 9.73. The summed E-state index contributed by atoms with van der Waals surface area (Å²) in [6.45, 7) is 0. The lowest BCUT2D eigenvalue weighted by atomic mass is 10.0. The molecule has 0 saturated heterocycles. The van der Waals surface area contributed by atoms with Crippen molar-refractivity contribution in [2.24, 2.45) is 0 Å². The standard InChI is InChI=1S/C37H25N3/c38-25-26-14-18-31(19-15-26)39-32-12-7-13-33(24-32)40-36-20-16-29(27-8-3-1-4-9-27)22-34(36)35-23-30(17-21-37(35)40)28-10-5-2-6-11-28/h1-24,39H. The molecule has 7 rings (SSSR count). The summed E-state index contributed by atoms with van der Waals surface area (Å²) in [6, 6.07) is 52.8. The van der Waals surface area contributed by atoms with E-state index in [0.717, 1.165) is 28.1 Å². The van der Waals surface area contributed by atoms with Crippen molar-refractivity contribution in [2.75, 3.05) is 5.32 Å². The smallest absolute Gasteiger partial charge is 0.0991 e. The van der Waals surface area contributed by atoms with Gasteiger partial charge in [-0.25, -0.2) is 0 Å². The molecular weight excluding hydrogens is 486 g/mol. The van der Waals surface area contributed by atoms with E-state index in [1.54, 1.807) is 0 Å². The maximum Gasteiger partial charge on any atom is 0.0991 e. The van der Waals surface area contributed by atoms with Crippen LogP contribution in [0.3, 0.4) is 0 Å². The molecule has 3 nitrogen and oxygen atoms in total. The van der Waals surface area contributed by atoms with E-state index in [9.17, 15) is 0 Å². The van der Waals surface area contributed by atoms with E-state index in [1.165, 1.54) is 33.0 Å². The van der Waals surface area contributed by atoms with Gasteiger partial charge in [-0.1, -0.05) is 78.9 Å². The third-order valence-electron chi connectivity index (χ3n) is 7.39. The summed E-state index contributed by atoms with van der Waals surface area (Å²) < 4.78 is 2.35. The third kappa shape index (κ3) is 4.28. The Kier molecular flexibility index (Phi) is 5.85. The van der Waals surface area contributed by atoms with Gasteiger partial charge in [0.2, 0.25) is 0 Å². The van der Waals surface area contributed by atoms with Gasteiger partial charge in [0.25, 0.3) is 0 Å². The van der Waals surface area contributed by atoms with Crippen LogP contribution in [0.4, 0.5) is 11.4 Å². The number of nitrogens with zero attached hydrogens (tertiary/aromatic N) is 2. The highest BCUT2D eigenvalue weighted by molar-refractivity contribution is 6.11. The molecule has 0 saturated carbocycles. The molecule has 0 aliphatic heterocycles. The number of hydrogen-bond donors (Lipinski definition) is 1. The molecule has 0 fully saturated rings. The summed E-state index contributed by atoms with van der Waals surface area (Å²) in [5.41, 5.74) is 10.8. The van der Waals surface area contributed by atoms with Gasteiger partial charge in [0, 0.05) is 27.8 Å². The highest BCUT2D eigenvalue weighted by Gasteiger charge is 2.15. The van der Waals surface area contributed by atoms with Crippen LogP contribution >= 0.6 is 0 Å². The van der Waals surface area contributed by atoms with E-state index in [0.29, 0.717) is 5.56 Å². The van der Waals surface area contributed by atoms with Gasteiger partial charge in [0.05, 0.1) is 22.7 Å². The molecule has 1 heterocycles. The Labute approximate surface area is 233 Å². The van der Waals surface area contributed by atoms with E-state index >= 15 is 0 Å². The molecule has 7 aromatic rings. The highest BCUT2D eigenvalue weighted by atomic mass is 15.0. The summed E-state index contributed by atoms with van der Waals surface area (Å²) in [5, 5.41) is 15.1. The summed E-state index contributed by atoms with van der Waals surface area (Å²) in [4.78, 5) is 0. The van der Waals surface area contributed by atoms with E-state index in [4.69, 9.17) is 5.26 Å². The van der Waals surface area contributed by atoms with E-state index in [-0.39, 0.29) is 0 Å². The van der Waals surface area contributed by atoms with Crippen molar-refractivity contribution in [1.29, 1.82) is 5.26 Å². The van der Waals surface area contributed by atoms with E-state index in [2.05, 4.69) is 137 Å². The Bertz CT molecular complexity index is 1920. The van der Waals surface area contributed by atoms with E-state index in [1.807, 2.05) is 24.3 Å². The van der Waals surface area contributed by atoms with Crippen LogP contribution in [-0.2, 0) is 0 Å². The second-order valence-electron chi connectivity index (χ2n) is 9.90. The SMILES string of the molecule is N#Cc1ccc(Nc2cccc(-n3c4ccc(-c5ccccc5)cc4c4cc(-c5ccccc5)ccc43)c2)cc1. The number of rotatable bonds is 5. The number of aromatic nitrogens is 1. The zero-order valence-corrected chi connectivity index (χ0v) is 21.8. The number of hydrogen-bond acceptors (Lipinski definition) is 2. The normalized spacial score (nSPS) is 11.0. The Hall–Kier alpha value is -5.59. The van der Waals surface area contributed by atoms with Crippen LogP contribution in [-0.4, -0.2) is 4.57 Å². The Morgan fingerprint density at radius 3 is 1.60 bits per heavy atom. The largest absolute Gasteiger partial charge is 0.355 e. The second kappa shape index (κ2) is 9.94. The molecule has 0 amide bonds. The van der Waals surface area contributed by atoms with Crippen molar-refractivity contribution < 1.29 is 0 Å². The zero-order valence-electron chi connectivity index (χ0n) is 21.8. The summed E-state index contributed by atoms with van der Waals surface area (Å²) in [5.74, 6) is 0. The van der Waals surface area contributed by atoms with Crippen LogP contribution < -0.4 is 5.32 Å². The first kappa shape index (κ1) is 23.5. The van der Waals surface area contributed by atoms with Crippen molar-refractivity contribution in [3.8, 4) is 34.0 Å². The first-order valence-corrected chi connectivity index (χ1v) is 13.3. The molecule has 0 bridgehead atoms. The van der Waals surface area contributed by atoms with Crippen LogP contribution in [0, 0.1) is 11.3 Å². The van der Waals surface area contributed by atoms with Gasteiger partial charge < -0.3 is 9.88 Å². The first-order chi connectivity index (χ1) is 19.8. The molecule has 188 valence electrons. The Morgan fingerprint density at radius 1 is 0.475 bits per heavy atom. The van der Waals surface area contributed by atoms with Crippen molar-refractivity contribution in [3.63, 3.8) is 0 Å². The number of nitrogens with one attached hydrogen (secondary N) is 1.